The molecule has 0 spiro atoms. The molecule has 0 saturated carbocycles. The van der Waals surface area contributed by atoms with E-state index in [-0.39, 0.29) is 36.2 Å². The molecule has 1 aromatic heterocycles. The summed E-state index contributed by atoms with van der Waals surface area (Å²) in [6.45, 7) is -0.0434. The van der Waals surface area contributed by atoms with Gasteiger partial charge in [0.05, 0.1) is 6.61 Å². The van der Waals surface area contributed by atoms with Crippen LogP contribution in [0.2, 0.25) is 0 Å². The summed E-state index contributed by atoms with van der Waals surface area (Å²) in [5.41, 5.74) is 0.288. The fraction of sp³-hybridized carbons (Fsp3) is 0.158. The molecule has 3 rings (SSSR count). The van der Waals surface area contributed by atoms with Gasteiger partial charge in [0.25, 0.3) is 0 Å². The van der Waals surface area contributed by atoms with Crippen LogP contribution in [0, 0.1) is 0 Å². The monoisotopic (exact) mass is 356 g/mol. The first-order valence-corrected chi connectivity index (χ1v) is 7.90. The van der Waals surface area contributed by atoms with Crippen molar-refractivity contribution in [1.29, 1.82) is 0 Å². The number of fused-ring (bicyclic) bond motifs is 1. The van der Waals surface area contributed by atoms with Crippen molar-refractivity contribution in [3.05, 3.63) is 52.7 Å². The van der Waals surface area contributed by atoms with Crippen LogP contribution in [0.15, 0.2) is 51.7 Å². The Bertz CT molecular complexity index is 1010. The lowest BCUT2D eigenvalue weighted by Gasteiger charge is -2.12. The SMILES string of the molecule is O=C(O)CCCOc1c(O)c(O)cc2oc(-c3ccccc3)cc(=O)c12. The van der Waals surface area contributed by atoms with Gasteiger partial charge in [0.2, 0.25) is 5.75 Å². The van der Waals surface area contributed by atoms with Gasteiger partial charge in [-0.05, 0) is 6.42 Å². The molecule has 0 aliphatic carbocycles. The molecular weight excluding hydrogens is 340 g/mol. The number of benzene rings is 2. The van der Waals surface area contributed by atoms with E-state index in [1.165, 1.54) is 6.07 Å². The number of carbonyl (C=O) groups is 1. The Balaban J connectivity index is 2.06. The predicted molar refractivity (Wildman–Crippen MR) is 93.6 cm³/mol. The molecule has 0 amide bonds. The number of carboxylic acid groups (broad SMARTS) is 1. The molecular formula is C19H16O7. The van der Waals surface area contributed by atoms with Crippen molar-refractivity contribution >= 4 is 16.9 Å². The number of hydrogen-bond acceptors (Lipinski definition) is 6. The van der Waals surface area contributed by atoms with Crippen LogP contribution >= 0.6 is 0 Å². The number of rotatable bonds is 6. The predicted octanol–water partition coefficient (Wildman–Crippen LogP) is 3.11. The first kappa shape index (κ1) is 17.3. The van der Waals surface area contributed by atoms with E-state index in [0.29, 0.717) is 11.3 Å². The second kappa shape index (κ2) is 7.18. The molecule has 7 nitrogen and oxygen atoms in total. The molecule has 3 N–H and O–H groups in total. The molecule has 0 bridgehead atoms. The first-order chi connectivity index (χ1) is 12.5. The van der Waals surface area contributed by atoms with Crippen LogP contribution in [0.5, 0.6) is 17.2 Å². The van der Waals surface area contributed by atoms with E-state index in [0.717, 1.165) is 6.07 Å². The molecule has 134 valence electrons. The number of phenolic OH excluding ortho intramolecular Hbond substituents is 2. The minimum absolute atomic E-state index is 0.0182. The summed E-state index contributed by atoms with van der Waals surface area (Å²) in [7, 11) is 0. The van der Waals surface area contributed by atoms with Gasteiger partial charge in [-0.1, -0.05) is 30.3 Å². The highest BCUT2D eigenvalue weighted by atomic mass is 16.5. The summed E-state index contributed by atoms with van der Waals surface area (Å²) in [5.74, 6) is -1.99. The average Bonchev–Trinajstić information content (AvgIpc) is 2.62. The van der Waals surface area contributed by atoms with E-state index in [2.05, 4.69) is 0 Å². The van der Waals surface area contributed by atoms with E-state index in [9.17, 15) is 19.8 Å². The number of phenols is 2. The van der Waals surface area contributed by atoms with Crippen LogP contribution in [0.4, 0.5) is 0 Å². The van der Waals surface area contributed by atoms with E-state index in [1.54, 1.807) is 24.3 Å². The zero-order valence-corrected chi connectivity index (χ0v) is 13.6. The quantitative estimate of drug-likeness (QED) is 0.459. The van der Waals surface area contributed by atoms with Crippen LogP contribution in [-0.4, -0.2) is 27.9 Å². The van der Waals surface area contributed by atoms with Gasteiger partial charge < -0.3 is 24.5 Å². The number of carboxylic acids is 1. The lowest BCUT2D eigenvalue weighted by Crippen LogP contribution is -2.07. The van der Waals surface area contributed by atoms with E-state index in [1.807, 2.05) is 6.07 Å². The zero-order valence-electron chi connectivity index (χ0n) is 13.6. The Labute approximate surface area is 147 Å². The second-order valence-electron chi connectivity index (χ2n) is 5.63. The maximum absolute atomic E-state index is 12.6. The zero-order chi connectivity index (χ0) is 18.7. The van der Waals surface area contributed by atoms with E-state index in [4.69, 9.17) is 14.3 Å². The second-order valence-corrected chi connectivity index (χ2v) is 5.63. The van der Waals surface area contributed by atoms with Gasteiger partial charge in [0.15, 0.2) is 16.9 Å². The van der Waals surface area contributed by atoms with Crippen LogP contribution in [-0.2, 0) is 4.79 Å². The summed E-state index contributed by atoms with van der Waals surface area (Å²) in [6.07, 6.45) is 0.0592. The van der Waals surface area contributed by atoms with Gasteiger partial charge in [-0.25, -0.2) is 0 Å². The Morgan fingerprint density at radius 2 is 1.85 bits per heavy atom. The Hall–Kier alpha value is -3.48. The smallest absolute Gasteiger partial charge is 0.303 e. The summed E-state index contributed by atoms with van der Waals surface area (Å²) in [5, 5.41) is 28.6. The number of ether oxygens (including phenoxy) is 1. The van der Waals surface area contributed by atoms with Crippen LogP contribution in [0.25, 0.3) is 22.3 Å². The van der Waals surface area contributed by atoms with Gasteiger partial charge in [-0.15, -0.1) is 0 Å². The minimum Gasteiger partial charge on any atom is -0.504 e. The Morgan fingerprint density at radius 3 is 2.54 bits per heavy atom. The molecule has 3 aromatic rings. The van der Waals surface area contributed by atoms with Crippen molar-refractivity contribution in [2.45, 2.75) is 12.8 Å². The van der Waals surface area contributed by atoms with Crippen molar-refractivity contribution in [1.82, 2.24) is 0 Å². The molecule has 7 heteroatoms. The van der Waals surface area contributed by atoms with Crippen LogP contribution in [0.3, 0.4) is 0 Å². The third-order valence-electron chi connectivity index (χ3n) is 3.77. The Morgan fingerprint density at radius 1 is 1.12 bits per heavy atom. The molecule has 0 aliphatic rings. The van der Waals surface area contributed by atoms with Gasteiger partial charge in [-0.2, -0.15) is 0 Å². The third kappa shape index (κ3) is 3.46. The first-order valence-electron chi connectivity index (χ1n) is 7.90. The van der Waals surface area contributed by atoms with E-state index >= 15 is 0 Å². The molecule has 26 heavy (non-hydrogen) atoms. The summed E-state index contributed by atoms with van der Waals surface area (Å²) >= 11 is 0. The third-order valence-corrected chi connectivity index (χ3v) is 3.77. The van der Waals surface area contributed by atoms with Crippen LogP contribution < -0.4 is 10.2 Å². The molecule has 0 aliphatic heterocycles. The largest absolute Gasteiger partial charge is 0.504 e. The summed E-state index contributed by atoms with van der Waals surface area (Å²) in [4.78, 5) is 23.1. The van der Waals surface area contributed by atoms with Crippen molar-refractivity contribution < 1.29 is 29.3 Å². The Kier molecular flexibility index (Phi) is 4.79. The molecule has 0 atom stereocenters. The van der Waals surface area contributed by atoms with Gasteiger partial charge in [0.1, 0.15) is 16.7 Å². The maximum atomic E-state index is 12.6. The minimum atomic E-state index is -0.981. The average molecular weight is 356 g/mol. The van der Waals surface area contributed by atoms with Gasteiger partial charge in [0, 0.05) is 24.1 Å². The van der Waals surface area contributed by atoms with Crippen molar-refractivity contribution in [3.8, 4) is 28.6 Å². The van der Waals surface area contributed by atoms with Crippen molar-refractivity contribution in [2.75, 3.05) is 6.61 Å². The van der Waals surface area contributed by atoms with Crippen molar-refractivity contribution in [2.24, 2.45) is 0 Å². The highest BCUT2D eigenvalue weighted by Crippen LogP contribution is 2.41. The molecule has 0 saturated heterocycles. The normalized spacial score (nSPS) is 10.8. The molecule has 0 fully saturated rings. The topological polar surface area (TPSA) is 117 Å². The molecule has 0 radical (unpaired) electrons. The van der Waals surface area contributed by atoms with E-state index < -0.39 is 22.9 Å². The lowest BCUT2D eigenvalue weighted by molar-refractivity contribution is -0.137. The van der Waals surface area contributed by atoms with Crippen LogP contribution in [0.1, 0.15) is 12.8 Å². The highest BCUT2D eigenvalue weighted by molar-refractivity contribution is 5.89. The van der Waals surface area contributed by atoms with Gasteiger partial charge in [-0.3, -0.25) is 9.59 Å². The highest BCUT2D eigenvalue weighted by Gasteiger charge is 2.19. The number of aliphatic carboxylic acids is 1. The lowest BCUT2D eigenvalue weighted by atomic mass is 10.1. The summed E-state index contributed by atoms with van der Waals surface area (Å²) in [6, 6.07) is 11.4. The fourth-order valence-electron chi connectivity index (χ4n) is 2.55. The fourth-order valence-corrected chi connectivity index (χ4v) is 2.55. The van der Waals surface area contributed by atoms with Crippen molar-refractivity contribution in [3.63, 3.8) is 0 Å². The summed E-state index contributed by atoms with van der Waals surface area (Å²) < 4.78 is 11.1. The molecule has 0 unspecified atom stereocenters. The number of aromatic hydroxyl groups is 2. The number of hydrogen-bond donors (Lipinski definition) is 3. The molecule has 1 heterocycles. The standard InChI is InChI=1S/C19H16O7/c20-12-9-14(11-5-2-1-3-6-11)26-15-10-13(21)18(24)19(17(12)15)25-8-4-7-16(22)23/h1-3,5-6,9-10,21,24H,4,7-8H2,(H,22,23). The molecule has 2 aromatic carbocycles. The maximum Gasteiger partial charge on any atom is 0.303 e. The van der Waals surface area contributed by atoms with Gasteiger partial charge >= 0.3 is 5.97 Å².